The molecule has 0 aliphatic carbocycles. The van der Waals surface area contributed by atoms with Crippen molar-refractivity contribution >= 4 is 56.1 Å². The van der Waals surface area contributed by atoms with Gasteiger partial charge in [-0.15, -0.1) is 0 Å². The van der Waals surface area contributed by atoms with E-state index in [2.05, 4.69) is 33.1 Å². The van der Waals surface area contributed by atoms with Crippen molar-refractivity contribution in [1.29, 1.82) is 0 Å². The van der Waals surface area contributed by atoms with Gasteiger partial charge in [-0.2, -0.15) is 0 Å². The zero-order valence-electron chi connectivity index (χ0n) is 20.6. The Morgan fingerprint density at radius 1 is 1.28 bits per heavy atom. The van der Waals surface area contributed by atoms with Crippen LogP contribution >= 0.6 is 27.5 Å². The van der Waals surface area contributed by atoms with Gasteiger partial charge in [-0.3, -0.25) is 9.59 Å². The van der Waals surface area contributed by atoms with Gasteiger partial charge in [0.15, 0.2) is 0 Å². The number of hydrogen-bond donors (Lipinski definition) is 2. The number of benzene rings is 2. The number of nitrogens with one attached hydrogen (secondary N) is 1. The number of carbonyl (C=O) groups is 2. The SMILES string of the molecule is Cc1c(N2CCC[C@H](C)C2)nc2ccc(Br)cc2c1C(=O)NC[C@@H](CCC(=O)O)c1ccccc1Cl. The van der Waals surface area contributed by atoms with Crippen LogP contribution in [-0.2, 0) is 4.79 Å². The molecule has 3 aromatic rings. The Morgan fingerprint density at radius 2 is 2.06 bits per heavy atom. The Labute approximate surface area is 225 Å². The summed E-state index contributed by atoms with van der Waals surface area (Å²) < 4.78 is 0.875. The van der Waals surface area contributed by atoms with Crippen LogP contribution in [0.15, 0.2) is 46.9 Å². The van der Waals surface area contributed by atoms with Gasteiger partial charge in [0.2, 0.25) is 0 Å². The normalized spacial score (nSPS) is 16.7. The number of nitrogens with zero attached hydrogens (tertiary/aromatic N) is 2. The fourth-order valence-corrected chi connectivity index (χ4v) is 5.73. The van der Waals surface area contributed by atoms with E-state index in [1.807, 2.05) is 43.3 Å². The van der Waals surface area contributed by atoms with Gasteiger partial charge in [0.25, 0.3) is 5.91 Å². The van der Waals surface area contributed by atoms with Crippen LogP contribution in [0.4, 0.5) is 5.82 Å². The topological polar surface area (TPSA) is 82.5 Å². The first-order valence-corrected chi connectivity index (χ1v) is 13.5. The minimum absolute atomic E-state index is 0.00673. The molecule has 2 aromatic carbocycles. The van der Waals surface area contributed by atoms with Crippen LogP contribution in [0.1, 0.15) is 60.0 Å². The van der Waals surface area contributed by atoms with Crippen molar-refractivity contribution in [2.24, 2.45) is 5.92 Å². The number of carbonyl (C=O) groups excluding carboxylic acids is 1. The molecule has 0 unspecified atom stereocenters. The highest BCUT2D eigenvalue weighted by molar-refractivity contribution is 9.10. The van der Waals surface area contributed by atoms with Crippen LogP contribution < -0.4 is 10.2 Å². The third kappa shape index (κ3) is 6.01. The number of pyridine rings is 1. The molecular formula is C28H31BrClN3O3. The van der Waals surface area contributed by atoms with E-state index in [4.69, 9.17) is 16.6 Å². The molecule has 2 N–H and O–H groups in total. The van der Waals surface area contributed by atoms with Crippen LogP contribution in [0.2, 0.25) is 5.02 Å². The Bertz CT molecular complexity index is 1280. The van der Waals surface area contributed by atoms with E-state index < -0.39 is 5.97 Å². The molecule has 2 atom stereocenters. The number of aromatic nitrogens is 1. The lowest BCUT2D eigenvalue weighted by molar-refractivity contribution is -0.137. The Morgan fingerprint density at radius 3 is 2.78 bits per heavy atom. The van der Waals surface area contributed by atoms with Crippen LogP contribution in [0.25, 0.3) is 10.9 Å². The van der Waals surface area contributed by atoms with E-state index >= 15 is 0 Å². The summed E-state index contributed by atoms with van der Waals surface area (Å²) >= 11 is 9.96. The number of halogens is 2. The van der Waals surface area contributed by atoms with E-state index in [0.29, 0.717) is 22.9 Å². The van der Waals surface area contributed by atoms with E-state index in [-0.39, 0.29) is 24.8 Å². The van der Waals surface area contributed by atoms with Gasteiger partial charge < -0.3 is 15.3 Å². The number of amides is 1. The van der Waals surface area contributed by atoms with Crippen molar-refractivity contribution in [3.63, 3.8) is 0 Å². The van der Waals surface area contributed by atoms with Crippen molar-refractivity contribution in [3.05, 3.63) is 68.7 Å². The molecule has 0 radical (unpaired) electrons. The smallest absolute Gasteiger partial charge is 0.303 e. The first kappa shape index (κ1) is 26.4. The molecule has 4 rings (SSSR count). The predicted molar refractivity (Wildman–Crippen MR) is 148 cm³/mol. The summed E-state index contributed by atoms with van der Waals surface area (Å²) in [6, 6.07) is 13.2. The quantitative estimate of drug-likeness (QED) is 0.319. The molecule has 190 valence electrons. The molecule has 6 nitrogen and oxygen atoms in total. The lowest BCUT2D eigenvalue weighted by Crippen LogP contribution is -2.36. The van der Waals surface area contributed by atoms with Gasteiger partial charge in [0, 0.05) is 52.4 Å². The second kappa shape index (κ2) is 11.6. The summed E-state index contributed by atoms with van der Waals surface area (Å²) in [4.78, 5) is 32.3. The van der Waals surface area contributed by atoms with Gasteiger partial charge in [-0.05, 0) is 61.9 Å². The Kier molecular flexibility index (Phi) is 8.52. The largest absolute Gasteiger partial charge is 0.481 e. The average molecular weight is 573 g/mol. The number of carboxylic acids is 1. The summed E-state index contributed by atoms with van der Waals surface area (Å²) in [5.74, 6) is 0.135. The number of anilines is 1. The standard InChI is InChI=1S/C28H31BrClN3O3/c1-17-6-5-13-33(16-17)27-18(2)26(22-14-20(29)10-11-24(22)32-27)28(36)31-15-19(9-12-25(34)35)21-7-3-4-8-23(21)30/h3-4,7-8,10-11,14,17,19H,5-6,9,12-13,15-16H2,1-2H3,(H,31,36)(H,34,35)/t17-,19+/m0/s1. The van der Waals surface area contributed by atoms with Crippen molar-refractivity contribution in [1.82, 2.24) is 10.3 Å². The van der Waals surface area contributed by atoms with E-state index in [9.17, 15) is 14.7 Å². The number of fused-ring (bicyclic) bond motifs is 1. The summed E-state index contributed by atoms with van der Waals surface area (Å²) in [5.41, 5.74) is 3.07. The number of aliphatic carboxylic acids is 1. The van der Waals surface area contributed by atoms with Crippen molar-refractivity contribution < 1.29 is 14.7 Å². The minimum atomic E-state index is -0.875. The monoisotopic (exact) mass is 571 g/mol. The first-order valence-electron chi connectivity index (χ1n) is 12.3. The van der Waals surface area contributed by atoms with Crippen molar-refractivity contribution in [2.45, 2.75) is 45.4 Å². The van der Waals surface area contributed by atoms with Crippen LogP contribution in [0.3, 0.4) is 0 Å². The van der Waals surface area contributed by atoms with Gasteiger partial charge >= 0.3 is 5.97 Å². The zero-order valence-corrected chi connectivity index (χ0v) is 22.9. The summed E-state index contributed by atoms with van der Waals surface area (Å²) in [6.07, 6.45) is 2.67. The fourth-order valence-electron chi connectivity index (χ4n) is 5.08. The average Bonchev–Trinajstić information content (AvgIpc) is 2.84. The number of hydrogen-bond acceptors (Lipinski definition) is 4. The molecule has 1 amide bonds. The molecule has 0 saturated carbocycles. The lowest BCUT2D eigenvalue weighted by Gasteiger charge is -2.33. The molecular weight excluding hydrogens is 542 g/mol. The molecule has 36 heavy (non-hydrogen) atoms. The van der Waals surface area contributed by atoms with Crippen molar-refractivity contribution in [3.8, 4) is 0 Å². The lowest BCUT2D eigenvalue weighted by atomic mass is 9.93. The fraction of sp³-hybridized carbons (Fsp3) is 0.393. The van der Waals surface area contributed by atoms with Gasteiger partial charge in [0.1, 0.15) is 5.82 Å². The highest BCUT2D eigenvalue weighted by atomic mass is 79.9. The maximum atomic E-state index is 13.7. The predicted octanol–water partition coefficient (Wildman–Crippen LogP) is 6.57. The van der Waals surface area contributed by atoms with Crippen LogP contribution in [0.5, 0.6) is 0 Å². The number of rotatable bonds is 8. The van der Waals surface area contributed by atoms with E-state index in [0.717, 1.165) is 51.8 Å². The molecule has 8 heteroatoms. The van der Waals surface area contributed by atoms with Crippen molar-refractivity contribution in [2.75, 3.05) is 24.5 Å². The molecule has 1 saturated heterocycles. The molecule has 2 heterocycles. The Balaban J connectivity index is 1.68. The van der Waals surface area contributed by atoms with Crippen LogP contribution in [0, 0.1) is 12.8 Å². The number of carboxylic acid groups (broad SMARTS) is 1. The second-order valence-corrected chi connectivity index (χ2v) is 11.0. The molecule has 1 aliphatic rings. The summed E-state index contributed by atoms with van der Waals surface area (Å²) in [5, 5.41) is 13.7. The summed E-state index contributed by atoms with van der Waals surface area (Å²) in [7, 11) is 0. The highest BCUT2D eigenvalue weighted by Gasteiger charge is 2.25. The molecule has 0 spiro atoms. The zero-order chi connectivity index (χ0) is 25.8. The summed E-state index contributed by atoms with van der Waals surface area (Å²) in [6.45, 7) is 6.33. The number of piperidine rings is 1. The third-order valence-electron chi connectivity index (χ3n) is 6.91. The Hall–Kier alpha value is -2.64. The van der Waals surface area contributed by atoms with Crippen LogP contribution in [-0.4, -0.2) is 41.6 Å². The first-order chi connectivity index (χ1) is 17.2. The molecule has 0 bridgehead atoms. The third-order valence-corrected chi connectivity index (χ3v) is 7.75. The maximum Gasteiger partial charge on any atom is 0.303 e. The highest BCUT2D eigenvalue weighted by Crippen LogP contribution is 2.33. The molecule has 1 fully saturated rings. The van der Waals surface area contributed by atoms with E-state index in [1.165, 1.54) is 6.42 Å². The van der Waals surface area contributed by atoms with Gasteiger partial charge in [-0.25, -0.2) is 4.98 Å². The van der Waals surface area contributed by atoms with Gasteiger partial charge in [-0.1, -0.05) is 52.7 Å². The van der Waals surface area contributed by atoms with Gasteiger partial charge in [0.05, 0.1) is 11.1 Å². The molecule has 1 aromatic heterocycles. The molecule has 1 aliphatic heterocycles. The minimum Gasteiger partial charge on any atom is -0.481 e. The maximum absolute atomic E-state index is 13.7. The second-order valence-electron chi connectivity index (χ2n) is 9.65. The van der Waals surface area contributed by atoms with E-state index in [1.54, 1.807) is 6.07 Å².